The number of carbonyl (C=O) groups excluding carboxylic acids is 1. The van der Waals surface area contributed by atoms with Gasteiger partial charge in [0, 0.05) is 31.7 Å². The molecular formula is C21H31BN2O5. The number of Topliss-reactive ketones (excluding diaryl/α,β-unsaturated/α-hetero) is 1. The fourth-order valence-corrected chi connectivity index (χ4v) is 3.61. The quantitative estimate of drug-likeness (QED) is 0.348. The van der Waals surface area contributed by atoms with Crippen LogP contribution in [0, 0.1) is 0 Å². The van der Waals surface area contributed by atoms with Crippen molar-refractivity contribution >= 4 is 18.9 Å². The summed E-state index contributed by atoms with van der Waals surface area (Å²) in [6.45, 7) is 1.49. The third kappa shape index (κ3) is 7.74. The Morgan fingerprint density at radius 3 is 2.48 bits per heavy atom. The van der Waals surface area contributed by atoms with Gasteiger partial charge in [-0.2, -0.15) is 0 Å². The predicted molar refractivity (Wildman–Crippen MR) is 113 cm³/mol. The van der Waals surface area contributed by atoms with Gasteiger partial charge in [0.1, 0.15) is 5.78 Å². The number of carboxylic acids is 1. The van der Waals surface area contributed by atoms with Crippen LogP contribution in [0.5, 0.6) is 0 Å². The minimum Gasteiger partial charge on any atom is -0.481 e. The monoisotopic (exact) mass is 402 g/mol. The van der Waals surface area contributed by atoms with Gasteiger partial charge in [-0.25, -0.2) is 0 Å². The van der Waals surface area contributed by atoms with E-state index in [2.05, 4.69) is 16.7 Å². The molecule has 7 nitrogen and oxygen atoms in total. The zero-order valence-corrected chi connectivity index (χ0v) is 17.2. The smallest absolute Gasteiger partial charge is 0.458 e. The number of rotatable bonds is 10. The van der Waals surface area contributed by atoms with Crippen molar-refractivity contribution in [2.45, 2.75) is 57.1 Å². The molecule has 1 aliphatic heterocycles. The number of allylic oxidation sites excluding steroid dienone is 1. The van der Waals surface area contributed by atoms with Gasteiger partial charge in [-0.3, -0.25) is 9.59 Å². The molecular weight excluding hydrogens is 371 g/mol. The molecule has 158 valence electrons. The first-order chi connectivity index (χ1) is 13.9. The van der Waals surface area contributed by atoms with Crippen LogP contribution in [0.15, 0.2) is 30.4 Å². The number of nitrogens with one attached hydrogen (secondary N) is 2. The Balaban J connectivity index is 2.00. The van der Waals surface area contributed by atoms with Crippen LogP contribution < -0.4 is 10.6 Å². The number of ketones is 1. The summed E-state index contributed by atoms with van der Waals surface area (Å²) in [5.74, 6) is -1.32. The van der Waals surface area contributed by atoms with Crippen molar-refractivity contribution in [1.82, 2.24) is 10.6 Å². The summed E-state index contributed by atoms with van der Waals surface area (Å²) < 4.78 is 5.52. The molecule has 0 saturated heterocycles. The Kier molecular flexibility index (Phi) is 9.53. The molecule has 0 fully saturated rings. The van der Waals surface area contributed by atoms with Gasteiger partial charge in [0.05, 0.1) is 12.5 Å². The lowest BCUT2D eigenvalue weighted by Gasteiger charge is -2.24. The molecule has 0 aromatic heterocycles. The Morgan fingerprint density at radius 1 is 1.10 bits per heavy atom. The third-order valence-corrected chi connectivity index (χ3v) is 5.04. The molecule has 29 heavy (non-hydrogen) atoms. The van der Waals surface area contributed by atoms with E-state index in [1.54, 1.807) is 0 Å². The van der Waals surface area contributed by atoms with Crippen LogP contribution in [-0.4, -0.2) is 49.2 Å². The third-order valence-electron chi connectivity index (χ3n) is 5.04. The maximum Gasteiger partial charge on any atom is 0.458 e. The topological polar surface area (TPSA) is 108 Å². The Bertz CT molecular complexity index is 725. The average molecular weight is 402 g/mol. The van der Waals surface area contributed by atoms with E-state index in [-0.39, 0.29) is 24.4 Å². The molecule has 0 aliphatic carbocycles. The fourth-order valence-electron chi connectivity index (χ4n) is 3.61. The zero-order chi connectivity index (χ0) is 21.2. The van der Waals surface area contributed by atoms with Crippen molar-refractivity contribution < 1.29 is 24.4 Å². The summed E-state index contributed by atoms with van der Waals surface area (Å²) in [4.78, 5) is 23.6. The highest BCUT2D eigenvalue weighted by molar-refractivity contribution is 6.45. The molecule has 2 rings (SSSR count). The summed E-state index contributed by atoms with van der Waals surface area (Å²) in [7, 11) is 2.65. The SMILES string of the molecule is CNCc1ccc(CC(=O)C[C@H]2C/C=C\C[C@H](CC(=O)O)OB2O)cc1CNC. The van der Waals surface area contributed by atoms with Gasteiger partial charge in [-0.1, -0.05) is 30.4 Å². The van der Waals surface area contributed by atoms with Crippen molar-refractivity contribution in [1.29, 1.82) is 0 Å². The molecule has 0 unspecified atom stereocenters. The van der Waals surface area contributed by atoms with Crippen LogP contribution in [0.4, 0.5) is 0 Å². The van der Waals surface area contributed by atoms with E-state index in [0.29, 0.717) is 19.3 Å². The first-order valence-electron chi connectivity index (χ1n) is 10.0. The van der Waals surface area contributed by atoms with Crippen molar-refractivity contribution in [3.8, 4) is 0 Å². The molecule has 0 radical (unpaired) electrons. The highest BCUT2D eigenvalue weighted by Crippen LogP contribution is 2.26. The van der Waals surface area contributed by atoms with Crippen LogP contribution in [0.2, 0.25) is 5.82 Å². The number of carbonyl (C=O) groups is 2. The van der Waals surface area contributed by atoms with E-state index in [1.165, 1.54) is 5.56 Å². The van der Waals surface area contributed by atoms with E-state index in [9.17, 15) is 14.6 Å². The van der Waals surface area contributed by atoms with Crippen LogP contribution in [-0.2, 0) is 33.8 Å². The number of benzene rings is 1. The van der Waals surface area contributed by atoms with Crippen LogP contribution in [0.1, 0.15) is 42.4 Å². The van der Waals surface area contributed by atoms with Gasteiger partial charge in [-0.15, -0.1) is 0 Å². The van der Waals surface area contributed by atoms with Gasteiger partial charge in [-0.05, 0) is 43.6 Å². The van der Waals surface area contributed by atoms with Gasteiger partial charge < -0.3 is 25.4 Å². The minimum atomic E-state index is -1.15. The molecule has 0 saturated carbocycles. The summed E-state index contributed by atoms with van der Waals surface area (Å²) in [6, 6.07) is 6.06. The second kappa shape index (κ2) is 11.9. The number of hydrogen-bond donors (Lipinski definition) is 4. The van der Waals surface area contributed by atoms with Crippen LogP contribution in [0.3, 0.4) is 0 Å². The molecule has 1 aromatic carbocycles. The number of carboxylic acid groups (broad SMARTS) is 1. The Labute approximate surface area is 172 Å². The van der Waals surface area contributed by atoms with Crippen molar-refractivity contribution in [2.75, 3.05) is 14.1 Å². The molecule has 0 bridgehead atoms. The summed E-state index contributed by atoms with van der Waals surface area (Å²) in [6.07, 6.45) is 4.45. The van der Waals surface area contributed by atoms with Crippen LogP contribution in [0.25, 0.3) is 0 Å². The maximum atomic E-state index is 12.7. The van der Waals surface area contributed by atoms with E-state index in [4.69, 9.17) is 9.76 Å². The average Bonchev–Trinajstić information content (AvgIpc) is 2.64. The first kappa shape index (κ1) is 23.3. The van der Waals surface area contributed by atoms with Gasteiger partial charge in [0.2, 0.25) is 0 Å². The number of aliphatic carboxylic acids is 1. The maximum absolute atomic E-state index is 12.7. The highest BCUT2D eigenvalue weighted by atomic mass is 16.5. The van der Waals surface area contributed by atoms with Gasteiger partial charge >= 0.3 is 13.1 Å². The Morgan fingerprint density at radius 2 is 1.79 bits per heavy atom. The first-order valence-corrected chi connectivity index (χ1v) is 10.0. The van der Waals surface area contributed by atoms with Crippen molar-refractivity contribution in [3.63, 3.8) is 0 Å². The van der Waals surface area contributed by atoms with Gasteiger partial charge in [0.25, 0.3) is 0 Å². The zero-order valence-electron chi connectivity index (χ0n) is 17.2. The van der Waals surface area contributed by atoms with Crippen molar-refractivity contribution in [2.24, 2.45) is 0 Å². The molecule has 0 amide bonds. The van der Waals surface area contributed by atoms with E-state index in [0.717, 1.165) is 24.2 Å². The second-order valence-electron chi connectivity index (χ2n) is 7.53. The normalized spacial score (nSPS) is 20.7. The molecule has 0 spiro atoms. The summed E-state index contributed by atoms with van der Waals surface area (Å²) >= 11 is 0. The summed E-state index contributed by atoms with van der Waals surface area (Å²) in [5.41, 5.74) is 3.29. The number of hydrogen-bond acceptors (Lipinski definition) is 6. The molecule has 2 atom stereocenters. The molecule has 8 heteroatoms. The molecule has 1 heterocycles. The highest BCUT2D eigenvalue weighted by Gasteiger charge is 2.32. The Hall–Kier alpha value is -2.00. The standard InChI is InChI=1S/C21H31BN2O5/c1-23-13-16-8-7-15(9-17(16)14-24-2)10-19(25)11-18-5-3-4-6-20(12-21(26)27)29-22(18)28/h3-4,7-9,18,20,23-24,28H,5-6,10-14H2,1-2H3,(H,26,27)/b4-3-/t18-,20-/m1/s1. The fraction of sp³-hybridized carbons (Fsp3) is 0.524. The minimum absolute atomic E-state index is 0.0261. The van der Waals surface area contributed by atoms with Gasteiger partial charge in [0.15, 0.2) is 0 Å². The van der Waals surface area contributed by atoms with Crippen molar-refractivity contribution in [3.05, 3.63) is 47.0 Å². The summed E-state index contributed by atoms with van der Waals surface area (Å²) in [5, 5.41) is 25.6. The second-order valence-corrected chi connectivity index (χ2v) is 7.53. The largest absolute Gasteiger partial charge is 0.481 e. The molecule has 1 aromatic rings. The van der Waals surface area contributed by atoms with E-state index >= 15 is 0 Å². The lowest BCUT2D eigenvalue weighted by Crippen LogP contribution is -2.33. The predicted octanol–water partition coefficient (Wildman–Crippen LogP) is 1.69. The van der Waals surface area contributed by atoms with E-state index in [1.807, 2.05) is 38.4 Å². The molecule has 1 aliphatic rings. The lowest BCUT2D eigenvalue weighted by molar-refractivity contribution is -0.139. The van der Waals surface area contributed by atoms with E-state index < -0.39 is 19.2 Å². The van der Waals surface area contributed by atoms with Crippen LogP contribution >= 0.6 is 0 Å². The lowest BCUT2D eigenvalue weighted by atomic mass is 9.66. The molecule has 4 N–H and O–H groups in total.